The smallest absolute Gasteiger partial charge is 0.176 e. The average molecular weight is 571 g/mol. The van der Waals surface area contributed by atoms with Crippen molar-refractivity contribution in [3.05, 3.63) is 44.7 Å². The lowest BCUT2D eigenvalue weighted by molar-refractivity contribution is -0.119. The van der Waals surface area contributed by atoms with E-state index in [1.165, 1.54) is 0 Å². The maximum atomic E-state index is 13.9. The van der Waals surface area contributed by atoms with Gasteiger partial charge in [-0.15, -0.1) is 6.42 Å². The van der Waals surface area contributed by atoms with Gasteiger partial charge < -0.3 is 19.1 Å². The molecule has 6 nitrogen and oxygen atoms in total. The van der Waals surface area contributed by atoms with Crippen LogP contribution in [-0.2, 0) is 14.3 Å². The molecule has 1 aromatic carbocycles. The van der Waals surface area contributed by atoms with E-state index in [1.807, 2.05) is 12.1 Å². The first-order chi connectivity index (χ1) is 17.4. The first-order valence-corrected chi connectivity index (χ1v) is 13.4. The summed E-state index contributed by atoms with van der Waals surface area (Å²) in [5, 5.41) is 0. The van der Waals surface area contributed by atoms with Crippen molar-refractivity contribution in [2.24, 2.45) is 10.8 Å². The van der Waals surface area contributed by atoms with E-state index in [1.54, 1.807) is 14.2 Å². The average Bonchev–Trinajstić information content (AvgIpc) is 2.79. The van der Waals surface area contributed by atoms with Crippen molar-refractivity contribution in [2.45, 2.75) is 59.3 Å². The van der Waals surface area contributed by atoms with E-state index < -0.39 is 5.92 Å². The highest BCUT2D eigenvalue weighted by Crippen LogP contribution is 2.55. The lowest BCUT2D eigenvalue weighted by Crippen LogP contribution is -2.45. The predicted molar refractivity (Wildman–Crippen MR) is 146 cm³/mol. The van der Waals surface area contributed by atoms with Gasteiger partial charge >= 0.3 is 0 Å². The maximum absolute atomic E-state index is 13.9. The number of Topliss-reactive ketones (excluding diaryl/α,β-unsaturated/α-hetero) is 2. The molecule has 0 saturated carbocycles. The van der Waals surface area contributed by atoms with Crippen molar-refractivity contribution in [3.63, 3.8) is 0 Å². The van der Waals surface area contributed by atoms with Gasteiger partial charge in [-0.25, -0.2) is 0 Å². The Bertz CT molecular complexity index is 1180. The van der Waals surface area contributed by atoms with E-state index in [9.17, 15) is 9.59 Å². The molecule has 0 saturated heterocycles. The van der Waals surface area contributed by atoms with Crippen molar-refractivity contribution in [1.29, 1.82) is 0 Å². The molecular formula is C30H36BrNO5. The number of ether oxygens (including phenoxy) is 3. The van der Waals surface area contributed by atoms with Crippen LogP contribution in [0.5, 0.6) is 11.5 Å². The number of halogens is 1. The molecule has 0 atom stereocenters. The van der Waals surface area contributed by atoms with E-state index in [0.29, 0.717) is 53.1 Å². The van der Waals surface area contributed by atoms with E-state index in [0.717, 1.165) is 29.8 Å². The third kappa shape index (κ3) is 5.24. The van der Waals surface area contributed by atoms with Gasteiger partial charge in [-0.2, -0.15) is 0 Å². The molecule has 1 heterocycles. The lowest BCUT2D eigenvalue weighted by Gasteiger charge is -2.49. The molecule has 3 aliphatic rings. The molecule has 1 aromatic rings. The number of hydrogen-bond acceptors (Lipinski definition) is 6. The van der Waals surface area contributed by atoms with Crippen LogP contribution in [0.4, 0.5) is 0 Å². The topological polar surface area (TPSA) is 65.1 Å². The zero-order valence-electron chi connectivity index (χ0n) is 22.6. The third-order valence-corrected chi connectivity index (χ3v) is 8.01. The number of terminal acetylenes is 1. The summed E-state index contributed by atoms with van der Waals surface area (Å²) in [4.78, 5) is 29.9. The Morgan fingerprint density at radius 3 is 2.05 bits per heavy atom. The van der Waals surface area contributed by atoms with Gasteiger partial charge in [0.05, 0.1) is 18.2 Å². The Hall–Kier alpha value is -2.56. The molecule has 0 fully saturated rings. The summed E-state index contributed by atoms with van der Waals surface area (Å²) >= 11 is 3.62. The van der Waals surface area contributed by atoms with E-state index in [2.05, 4.69) is 54.4 Å². The van der Waals surface area contributed by atoms with Gasteiger partial charge in [-0.1, -0.05) is 33.6 Å². The summed E-state index contributed by atoms with van der Waals surface area (Å²) in [7, 11) is 3.25. The summed E-state index contributed by atoms with van der Waals surface area (Å²) in [6.45, 7) is 9.73. The van der Waals surface area contributed by atoms with Crippen molar-refractivity contribution < 1.29 is 23.8 Å². The standard InChI is InChI=1S/C30H36BrNO5/c1-8-10-37-28-19(31)12-18(13-24(28)36-7)25-26-20(14-29(2,3)16-22(26)33)32(9-11-35-6)21-15-30(4,5)17-23(34)27(21)25/h1,12-13,25H,9-11,14-17H2,2-7H3. The summed E-state index contributed by atoms with van der Waals surface area (Å²) in [5.41, 5.74) is 3.92. The van der Waals surface area contributed by atoms with Gasteiger partial charge in [0, 0.05) is 55.0 Å². The number of ketones is 2. The van der Waals surface area contributed by atoms with Gasteiger partial charge in [0.2, 0.25) is 0 Å². The van der Waals surface area contributed by atoms with Gasteiger partial charge in [0.15, 0.2) is 23.1 Å². The van der Waals surface area contributed by atoms with Crippen molar-refractivity contribution >= 4 is 27.5 Å². The van der Waals surface area contributed by atoms with Crippen LogP contribution < -0.4 is 9.47 Å². The summed E-state index contributed by atoms with van der Waals surface area (Å²) < 4.78 is 17.5. The second kappa shape index (κ2) is 10.3. The molecule has 0 aromatic heterocycles. The maximum Gasteiger partial charge on any atom is 0.176 e. The Kier molecular flexibility index (Phi) is 7.65. The van der Waals surface area contributed by atoms with Crippen molar-refractivity contribution in [3.8, 4) is 23.8 Å². The third-order valence-electron chi connectivity index (χ3n) is 7.43. The second-order valence-electron chi connectivity index (χ2n) is 11.7. The van der Waals surface area contributed by atoms with Crippen LogP contribution in [-0.4, -0.2) is 50.4 Å². The minimum Gasteiger partial charge on any atom is -0.493 e. The number of rotatable bonds is 7. The van der Waals surface area contributed by atoms with Gasteiger partial charge in [-0.05, 0) is 57.3 Å². The zero-order valence-corrected chi connectivity index (χ0v) is 24.2. The van der Waals surface area contributed by atoms with Crippen LogP contribution in [0.2, 0.25) is 0 Å². The predicted octanol–water partition coefficient (Wildman–Crippen LogP) is 5.80. The number of allylic oxidation sites excluding steroid dienone is 4. The van der Waals surface area contributed by atoms with Crippen LogP contribution >= 0.6 is 15.9 Å². The molecule has 2 aliphatic carbocycles. The van der Waals surface area contributed by atoms with E-state index >= 15 is 0 Å². The number of carbonyl (C=O) groups is 2. The number of benzene rings is 1. The highest BCUT2D eigenvalue weighted by Gasteiger charge is 2.49. The normalized spacial score (nSPS) is 21.0. The van der Waals surface area contributed by atoms with E-state index in [4.69, 9.17) is 20.6 Å². The Labute approximate surface area is 228 Å². The first kappa shape index (κ1) is 27.5. The molecule has 37 heavy (non-hydrogen) atoms. The summed E-state index contributed by atoms with van der Waals surface area (Å²) in [5.74, 6) is 3.18. The number of methoxy groups -OCH3 is 2. The molecule has 4 rings (SSSR count). The van der Waals surface area contributed by atoms with Crippen LogP contribution in [0, 0.1) is 23.2 Å². The van der Waals surface area contributed by atoms with Crippen LogP contribution in [0.1, 0.15) is 64.9 Å². The Morgan fingerprint density at radius 2 is 1.57 bits per heavy atom. The monoisotopic (exact) mass is 569 g/mol. The fraction of sp³-hybridized carbons (Fsp3) is 0.533. The molecule has 0 amide bonds. The van der Waals surface area contributed by atoms with Gasteiger partial charge in [0.25, 0.3) is 0 Å². The number of carbonyl (C=O) groups excluding carboxylic acids is 2. The Balaban J connectivity index is 1.98. The quantitative estimate of drug-likeness (QED) is 0.386. The SMILES string of the molecule is C#CCOc1c(Br)cc(C2C3=C(CC(C)(C)CC3=O)N(CCOC)C3=C2C(=O)CC(C)(C)C3)cc1OC. The zero-order chi connectivity index (χ0) is 27.1. The number of hydrogen-bond donors (Lipinski definition) is 0. The molecule has 198 valence electrons. The molecular weight excluding hydrogens is 534 g/mol. The number of nitrogens with zero attached hydrogens (tertiary/aromatic N) is 1. The fourth-order valence-corrected chi connectivity index (χ4v) is 6.57. The minimum absolute atomic E-state index is 0.0885. The van der Waals surface area contributed by atoms with Gasteiger partial charge in [0.1, 0.15) is 6.61 Å². The second-order valence-corrected chi connectivity index (χ2v) is 12.6. The summed E-state index contributed by atoms with van der Waals surface area (Å²) in [6, 6.07) is 3.81. The first-order valence-electron chi connectivity index (χ1n) is 12.7. The Morgan fingerprint density at radius 1 is 1.00 bits per heavy atom. The van der Waals surface area contributed by atoms with Gasteiger partial charge in [-0.3, -0.25) is 9.59 Å². The fourth-order valence-electron chi connectivity index (χ4n) is 5.99. The minimum atomic E-state index is -0.470. The molecule has 7 heteroatoms. The molecule has 0 radical (unpaired) electrons. The van der Waals surface area contributed by atoms with Crippen LogP contribution in [0.25, 0.3) is 0 Å². The van der Waals surface area contributed by atoms with Crippen molar-refractivity contribution in [2.75, 3.05) is 34.0 Å². The van der Waals surface area contributed by atoms with E-state index in [-0.39, 0.29) is 29.0 Å². The highest BCUT2D eigenvalue weighted by molar-refractivity contribution is 9.10. The van der Waals surface area contributed by atoms with Crippen LogP contribution in [0.3, 0.4) is 0 Å². The molecule has 0 bridgehead atoms. The molecule has 0 spiro atoms. The molecule has 0 unspecified atom stereocenters. The summed E-state index contributed by atoms with van der Waals surface area (Å²) in [6.07, 6.45) is 7.77. The van der Waals surface area contributed by atoms with Crippen molar-refractivity contribution in [1.82, 2.24) is 4.90 Å². The largest absolute Gasteiger partial charge is 0.493 e. The molecule has 0 N–H and O–H groups in total. The highest BCUT2D eigenvalue weighted by atomic mass is 79.9. The molecule has 1 aliphatic heterocycles. The lowest BCUT2D eigenvalue weighted by atomic mass is 9.63. The van der Waals surface area contributed by atoms with Crippen LogP contribution in [0.15, 0.2) is 39.1 Å².